The molecule has 0 radical (unpaired) electrons. The van der Waals surface area contributed by atoms with Gasteiger partial charge in [-0.2, -0.15) is 8.78 Å². The molecule has 0 spiro atoms. The zero-order valence-electron chi connectivity index (χ0n) is 15.0. The summed E-state index contributed by atoms with van der Waals surface area (Å²) >= 11 is 0. The molecule has 0 aromatic heterocycles. The summed E-state index contributed by atoms with van der Waals surface area (Å²) in [6, 6.07) is 13.5. The van der Waals surface area contributed by atoms with Gasteiger partial charge in [-0.3, -0.25) is 0 Å². The van der Waals surface area contributed by atoms with Crippen LogP contribution >= 0.6 is 0 Å². The normalized spacial score (nSPS) is 11.0. The third-order valence-electron chi connectivity index (χ3n) is 4.65. The van der Waals surface area contributed by atoms with Crippen molar-refractivity contribution < 1.29 is 17.6 Å². The molecule has 0 aliphatic carbocycles. The minimum Gasteiger partial charge on any atom is -0.207 e. The lowest BCUT2D eigenvalue weighted by Crippen LogP contribution is -1.97. The lowest BCUT2D eigenvalue weighted by Gasteiger charge is -2.08. The second kappa shape index (κ2) is 8.38. The number of halogens is 4. The maximum Gasteiger partial charge on any atom is 0.271 e. The van der Waals surface area contributed by atoms with Crippen molar-refractivity contribution in [2.45, 2.75) is 32.6 Å². The van der Waals surface area contributed by atoms with E-state index < -0.39 is 11.9 Å². The van der Waals surface area contributed by atoms with E-state index in [1.54, 1.807) is 24.3 Å². The van der Waals surface area contributed by atoms with E-state index in [0.717, 1.165) is 24.0 Å². The first kappa shape index (κ1) is 19.2. The van der Waals surface area contributed by atoms with Crippen LogP contribution in [0.5, 0.6) is 0 Å². The highest BCUT2D eigenvalue weighted by Crippen LogP contribution is 2.25. The van der Waals surface area contributed by atoms with Crippen LogP contribution < -0.4 is 0 Å². The summed E-state index contributed by atoms with van der Waals surface area (Å²) in [5, 5.41) is 0.934. The molecule has 0 atom stereocenters. The topological polar surface area (TPSA) is 0 Å². The molecule has 27 heavy (non-hydrogen) atoms. The summed E-state index contributed by atoms with van der Waals surface area (Å²) in [6.07, 6.45) is 1.58. The standard InChI is InChI=1S/C23H20F4/c1-2-3-15-4-7-17(21(24)13-15)8-5-16-6-11-20-18(12-16)9-10-19(23(20)27)14-22(25)26/h4,6-7,9-14H,2-3,5,8H2,1H3. The van der Waals surface area contributed by atoms with Gasteiger partial charge in [0.15, 0.2) is 0 Å². The summed E-state index contributed by atoms with van der Waals surface area (Å²) in [4.78, 5) is 0. The molecule has 0 saturated heterocycles. The maximum absolute atomic E-state index is 14.3. The van der Waals surface area contributed by atoms with Crippen molar-refractivity contribution in [2.75, 3.05) is 0 Å². The number of hydrogen-bond donors (Lipinski definition) is 0. The van der Waals surface area contributed by atoms with Crippen LogP contribution in [0.2, 0.25) is 0 Å². The summed E-state index contributed by atoms with van der Waals surface area (Å²) in [7, 11) is 0. The number of benzene rings is 3. The summed E-state index contributed by atoms with van der Waals surface area (Å²) < 4.78 is 53.3. The zero-order chi connectivity index (χ0) is 19.4. The van der Waals surface area contributed by atoms with Gasteiger partial charge in [0.25, 0.3) is 6.08 Å². The Bertz CT molecular complexity index is 985. The highest BCUT2D eigenvalue weighted by Gasteiger charge is 2.09. The predicted molar refractivity (Wildman–Crippen MR) is 102 cm³/mol. The molecular weight excluding hydrogens is 352 g/mol. The Kier molecular flexibility index (Phi) is 5.94. The smallest absolute Gasteiger partial charge is 0.207 e. The summed E-state index contributed by atoms with van der Waals surface area (Å²) in [6.45, 7) is 2.06. The fourth-order valence-corrected chi connectivity index (χ4v) is 3.26. The Hall–Kier alpha value is -2.62. The van der Waals surface area contributed by atoms with Crippen molar-refractivity contribution >= 4 is 16.8 Å². The number of hydrogen-bond acceptors (Lipinski definition) is 0. The van der Waals surface area contributed by atoms with Gasteiger partial charge in [0.2, 0.25) is 0 Å². The Morgan fingerprint density at radius 1 is 0.852 bits per heavy atom. The van der Waals surface area contributed by atoms with Crippen LogP contribution in [0.25, 0.3) is 16.8 Å². The molecule has 3 aromatic carbocycles. The van der Waals surface area contributed by atoms with Crippen molar-refractivity contribution in [1.29, 1.82) is 0 Å². The number of aryl methyl sites for hydroxylation is 3. The van der Waals surface area contributed by atoms with E-state index in [1.165, 1.54) is 6.07 Å². The van der Waals surface area contributed by atoms with Gasteiger partial charge in [0.1, 0.15) is 11.6 Å². The molecule has 0 heterocycles. The predicted octanol–water partition coefficient (Wildman–Crippen LogP) is 7.09. The fourth-order valence-electron chi connectivity index (χ4n) is 3.26. The molecule has 3 rings (SSSR count). The largest absolute Gasteiger partial charge is 0.271 e. The van der Waals surface area contributed by atoms with E-state index in [-0.39, 0.29) is 11.4 Å². The highest BCUT2D eigenvalue weighted by molar-refractivity contribution is 5.86. The first-order valence-electron chi connectivity index (χ1n) is 8.99. The second-order valence-corrected chi connectivity index (χ2v) is 6.63. The van der Waals surface area contributed by atoms with Crippen LogP contribution in [0.15, 0.2) is 54.6 Å². The molecule has 0 aliphatic rings. The molecule has 0 bridgehead atoms. The molecule has 0 unspecified atom stereocenters. The first-order chi connectivity index (χ1) is 13.0. The van der Waals surface area contributed by atoms with Gasteiger partial charge in [0.05, 0.1) is 0 Å². The highest BCUT2D eigenvalue weighted by atomic mass is 19.3. The van der Waals surface area contributed by atoms with Crippen molar-refractivity contribution in [3.8, 4) is 0 Å². The third kappa shape index (κ3) is 4.57. The Morgan fingerprint density at radius 3 is 2.30 bits per heavy atom. The molecule has 0 aliphatic heterocycles. The van der Waals surface area contributed by atoms with Gasteiger partial charge >= 0.3 is 0 Å². The number of rotatable bonds is 6. The number of fused-ring (bicyclic) bond motifs is 1. The van der Waals surface area contributed by atoms with E-state index in [9.17, 15) is 17.6 Å². The summed E-state index contributed by atoms with van der Waals surface area (Å²) in [5.41, 5.74) is 2.46. The lowest BCUT2D eigenvalue weighted by molar-refractivity contribution is 0.429. The molecule has 0 nitrogen and oxygen atoms in total. The van der Waals surface area contributed by atoms with E-state index in [1.807, 2.05) is 18.2 Å². The molecule has 0 fully saturated rings. The molecule has 140 valence electrons. The van der Waals surface area contributed by atoms with Crippen molar-refractivity contribution in [1.82, 2.24) is 0 Å². The Balaban J connectivity index is 1.79. The average molecular weight is 372 g/mol. The molecule has 4 heteroatoms. The molecule has 0 N–H and O–H groups in total. The van der Waals surface area contributed by atoms with Gasteiger partial charge in [-0.05, 0) is 47.4 Å². The minimum atomic E-state index is -1.93. The van der Waals surface area contributed by atoms with Crippen molar-refractivity contribution in [3.05, 3.63) is 88.5 Å². The zero-order valence-corrected chi connectivity index (χ0v) is 15.0. The van der Waals surface area contributed by atoms with Gasteiger partial charge in [-0.25, -0.2) is 8.78 Å². The lowest BCUT2D eigenvalue weighted by atomic mass is 9.98. The van der Waals surface area contributed by atoms with Crippen molar-refractivity contribution in [3.63, 3.8) is 0 Å². The van der Waals surface area contributed by atoms with Gasteiger partial charge in [-0.1, -0.05) is 55.8 Å². The SMILES string of the molecule is CCCc1ccc(CCc2ccc3c(F)c(C=C(F)F)ccc3c2)c(F)c1. The van der Waals surface area contributed by atoms with E-state index in [2.05, 4.69) is 6.92 Å². The second-order valence-electron chi connectivity index (χ2n) is 6.63. The Labute approximate surface area is 156 Å². The maximum atomic E-state index is 14.3. The van der Waals surface area contributed by atoms with Crippen LogP contribution in [-0.4, -0.2) is 0 Å². The first-order valence-corrected chi connectivity index (χ1v) is 8.99. The van der Waals surface area contributed by atoms with E-state index in [4.69, 9.17) is 0 Å². The quantitative estimate of drug-likeness (QED) is 0.405. The van der Waals surface area contributed by atoms with Crippen LogP contribution in [0, 0.1) is 11.6 Å². The van der Waals surface area contributed by atoms with Crippen LogP contribution in [0.3, 0.4) is 0 Å². The third-order valence-corrected chi connectivity index (χ3v) is 4.65. The van der Waals surface area contributed by atoms with Gasteiger partial charge < -0.3 is 0 Å². The Morgan fingerprint density at radius 2 is 1.59 bits per heavy atom. The van der Waals surface area contributed by atoms with Crippen LogP contribution in [-0.2, 0) is 19.3 Å². The van der Waals surface area contributed by atoms with Crippen LogP contribution in [0.4, 0.5) is 17.6 Å². The van der Waals surface area contributed by atoms with Crippen LogP contribution in [0.1, 0.15) is 35.6 Å². The monoisotopic (exact) mass is 372 g/mol. The van der Waals surface area contributed by atoms with Gasteiger partial charge in [0, 0.05) is 17.0 Å². The molecule has 0 saturated carbocycles. The molecule has 3 aromatic rings. The van der Waals surface area contributed by atoms with Gasteiger partial charge in [-0.15, -0.1) is 0 Å². The summed E-state index contributed by atoms with van der Waals surface area (Å²) in [5.74, 6) is -0.859. The molecular formula is C23H20F4. The fraction of sp³-hybridized carbons (Fsp3) is 0.217. The molecule has 0 amide bonds. The average Bonchev–Trinajstić information content (AvgIpc) is 2.63. The van der Waals surface area contributed by atoms with Crippen molar-refractivity contribution in [2.24, 2.45) is 0 Å². The van der Waals surface area contributed by atoms with E-state index >= 15 is 0 Å². The minimum absolute atomic E-state index is 0.135. The van der Waals surface area contributed by atoms with E-state index in [0.29, 0.717) is 35.3 Å².